The van der Waals surface area contributed by atoms with E-state index in [0.717, 1.165) is 25.8 Å². The second-order valence-corrected chi connectivity index (χ2v) is 8.91. The normalized spacial score (nSPS) is 22.9. The quantitative estimate of drug-likeness (QED) is 0.833. The molecule has 4 rings (SSSR count). The lowest BCUT2D eigenvalue weighted by atomic mass is 9.79. The molecule has 0 bridgehead atoms. The van der Waals surface area contributed by atoms with Crippen molar-refractivity contribution in [3.8, 4) is 0 Å². The predicted octanol–water partition coefficient (Wildman–Crippen LogP) is 4.46. The molecule has 1 aromatic carbocycles. The number of benzene rings is 1. The molecule has 0 saturated heterocycles. The fraction of sp³-hybridized carbons (Fsp3) is 0.542. The molecule has 0 fully saturated rings. The van der Waals surface area contributed by atoms with Crippen molar-refractivity contribution >= 4 is 22.4 Å². The van der Waals surface area contributed by atoms with E-state index in [1.54, 1.807) is 0 Å². The summed E-state index contributed by atoms with van der Waals surface area (Å²) in [5.74, 6) is 0.203. The predicted molar refractivity (Wildman–Crippen MR) is 116 cm³/mol. The first-order valence-corrected chi connectivity index (χ1v) is 10.8. The summed E-state index contributed by atoms with van der Waals surface area (Å²) in [7, 11) is 2.17. The van der Waals surface area contributed by atoms with Crippen molar-refractivity contribution in [3.63, 3.8) is 0 Å². The minimum absolute atomic E-state index is 0.0753. The number of aromatic nitrogens is 1. The Hall–Kier alpha value is -2.07. The molecule has 1 aromatic heterocycles. The van der Waals surface area contributed by atoms with Crippen LogP contribution >= 0.6 is 0 Å². The molecule has 3 unspecified atom stereocenters. The second kappa shape index (κ2) is 7.40. The Kier molecular flexibility index (Phi) is 5.09. The number of likely N-dealkylation sites (N-methyl/N-ethyl adjacent to an activating group) is 1. The van der Waals surface area contributed by atoms with Gasteiger partial charge in [-0.25, -0.2) is 0 Å². The van der Waals surface area contributed by atoms with E-state index in [0.29, 0.717) is 6.04 Å². The smallest absolute Gasteiger partial charge is 0.231 e. The number of H-pyrrole nitrogens is 1. The average Bonchev–Trinajstić information content (AvgIpc) is 3.07. The van der Waals surface area contributed by atoms with E-state index in [2.05, 4.69) is 80.0 Å². The van der Waals surface area contributed by atoms with Gasteiger partial charge in [-0.3, -0.25) is 9.69 Å². The number of amides is 1. The lowest BCUT2D eigenvalue weighted by Gasteiger charge is -2.42. The number of nitrogens with one attached hydrogen (secondary N) is 1. The van der Waals surface area contributed by atoms with Crippen molar-refractivity contribution in [3.05, 3.63) is 41.6 Å². The lowest BCUT2D eigenvalue weighted by molar-refractivity contribution is -0.139. The van der Waals surface area contributed by atoms with Gasteiger partial charge in [0.05, 0.1) is 5.92 Å². The Morgan fingerprint density at radius 1 is 1.32 bits per heavy atom. The molecule has 28 heavy (non-hydrogen) atoms. The van der Waals surface area contributed by atoms with Crippen molar-refractivity contribution in [2.75, 3.05) is 13.6 Å². The molecular weight excluding hydrogens is 346 g/mol. The molecule has 0 radical (unpaired) electrons. The third-order valence-corrected chi connectivity index (χ3v) is 6.58. The van der Waals surface area contributed by atoms with Crippen LogP contribution in [0.25, 0.3) is 16.5 Å². The molecule has 2 aliphatic rings. The highest BCUT2D eigenvalue weighted by atomic mass is 16.2. The molecule has 1 aliphatic carbocycles. The van der Waals surface area contributed by atoms with Crippen molar-refractivity contribution < 1.29 is 4.79 Å². The third-order valence-electron chi connectivity index (χ3n) is 6.58. The van der Waals surface area contributed by atoms with Gasteiger partial charge in [0.25, 0.3) is 0 Å². The van der Waals surface area contributed by atoms with Gasteiger partial charge in [-0.2, -0.15) is 0 Å². The Balaban J connectivity index is 1.73. The van der Waals surface area contributed by atoms with Gasteiger partial charge in [0, 0.05) is 41.8 Å². The summed E-state index contributed by atoms with van der Waals surface area (Å²) < 4.78 is 0. The third kappa shape index (κ3) is 3.08. The summed E-state index contributed by atoms with van der Waals surface area (Å²) in [4.78, 5) is 21.5. The lowest BCUT2D eigenvalue weighted by Crippen LogP contribution is -2.51. The molecule has 4 nitrogen and oxygen atoms in total. The van der Waals surface area contributed by atoms with E-state index in [4.69, 9.17) is 0 Å². The molecule has 1 amide bonds. The molecule has 3 atom stereocenters. The van der Waals surface area contributed by atoms with E-state index in [1.807, 2.05) is 0 Å². The minimum Gasteiger partial charge on any atom is -0.361 e. The standard InChI is InChI=1S/C24H33N3O/c1-6-8-16(4)27(15(2)3)24(28)18-11-20-19-9-7-10-21-23(19)17(13-25-21)12-22(20)26(5)14-18/h7,9-11,13,15-16,18,22,25H,6,8,12,14H2,1-5H3. The van der Waals surface area contributed by atoms with Crippen LogP contribution in [0.2, 0.25) is 0 Å². The van der Waals surface area contributed by atoms with Crippen LogP contribution in [0.3, 0.4) is 0 Å². The first-order valence-electron chi connectivity index (χ1n) is 10.8. The molecule has 2 heterocycles. The fourth-order valence-electron chi connectivity index (χ4n) is 5.33. The number of hydrogen-bond donors (Lipinski definition) is 1. The topological polar surface area (TPSA) is 39.3 Å². The van der Waals surface area contributed by atoms with Gasteiger partial charge in [-0.15, -0.1) is 0 Å². The maximum Gasteiger partial charge on any atom is 0.231 e. The van der Waals surface area contributed by atoms with Crippen molar-refractivity contribution in [1.82, 2.24) is 14.8 Å². The molecular formula is C24H33N3O. The summed E-state index contributed by atoms with van der Waals surface area (Å²) in [6, 6.07) is 7.35. The van der Waals surface area contributed by atoms with Gasteiger partial charge in [-0.1, -0.05) is 31.6 Å². The number of aromatic amines is 1. The van der Waals surface area contributed by atoms with E-state index < -0.39 is 0 Å². The van der Waals surface area contributed by atoms with Crippen LogP contribution in [-0.4, -0.2) is 52.4 Å². The number of carbonyl (C=O) groups is 1. The van der Waals surface area contributed by atoms with Gasteiger partial charge in [-0.05, 0) is 63.4 Å². The molecule has 0 spiro atoms. The first kappa shape index (κ1) is 19.3. The Morgan fingerprint density at radius 2 is 2.11 bits per heavy atom. The zero-order valence-electron chi connectivity index (χ0n) is 17.8. The molecule has 1 aliphatic heterocycles. The van der Waals surface area contributed by atoms with E-state index in [9.17, 15) is 4.79 Å². The Morgan fingerprint density at radius 3 is 2.82 bits per heavy atom. The number of hydrogen-bond acceptors (Lipinski definition) is 2. The van der Waals surface area contributed by atoms with Crippen LogP contribution in [0.5, 0.6) is 0 Å². The van der Waals surface area contributed by atoms with Crippen LogP contribution < -0.4 is 0 Å². The van der Waals surface area contributed by atoms with Crippen LogP contribution in [0, 0.1) is 5.92 Å². The number of rotatable bonds is 5. The van der Waals surface area contributed by atoms with Gasteiger partial charge >= 0.3 is 0 Å². The zero-order chi connectivity index (χ0) is 20.0. The molecule has 2 aromatic rings. The first-order chi connectivity index (χ1) is 13.4. The van der Waals surface area contributed by atoms with Gasteiger partial charge in [0.15, 0.2) is 0 Å². The largest absolute Gasteiger partial charge is 0.361 e. The number of nitrogens with zero attached hydrogens (tertiary/aromatic N) is 2. The zero-order valence-corrected chi connectivity index (χ0v) is 17.8. The highest BCUT2D eigenvalue weighted by molar-refractivity contribution is 5.99. The average molecular weight is 380 g/mol. The summed E-state index contributed by atoms with van der Waals surface area (Å²) in [6.45, 7) is 9.46. The molecule has 4 heteroatoms. The Labute approximate surface area is 168 Å². The highest BCUT2D eigenvalue weighted by Gasteiger charge is 2.37. The van der Waals surface area contributed by atoms with Crippen molar-refractivity contribution in [2.24, 2.45) is 5.92 Å². The van der Waals surface area contributed by atoms with Crippen LogP contribution in [-0.2, 0) is 11.2 Å². The van der Waals surface area contributed by atoms with E-state index >= 15 is 0 Å². The fourth-order valence-corrected chi connectivity index (χ4v) is 5.33. The maximum absolute atomic E-state index is 13.6. The molecule has 1 N–H and O–H groups in total. The van der Waals surface area contributed by atoms with Crippen molar-refractivity contribution in [1.29, 1.82) is 0 Å². The molecule has 150 valence electrons. The summed E-state index contributed by atoms with van der Waals surface area (Å²) >= 11 is 0. The van der Waals surface area contributed by atoms with Crippen molar-refractivity contribution in [2.45, 2.75) is 65.1 Å². The minimum atomic E-state index is -0.0753. The monoisotopic (exact) mass is 379 g/mol. The van der Waals surface area contributed by atoms with Gasteiger partial charge < -0.3 is 9.88 Å². The summed E-state index contributed by atoms with van der Waals surface area (Å²) in [5.41, 5.74) is 5.22. The second-order valence-electron chi connectivity index (χ2n) is 8.91. The van der Waals surface area contributed by atoms with Gasteiger partial charge in [0.2, 0.25) is 5.91 Å². The number of fused-ring (bicyclic) bond motifs is 2. The highest BCUT2D eigenvalue weighted by Crippen LogP contribution is 2.41. The van der Waals surface area contributed by atoms with E-state index in [-0.39, 0.29) is 23.9 Å². The summed E-state index contributed by atoms with van der Waals surface area (Å²) in [5, 5.41) is 1.34. The van der Waals surface area contributed by atoms with Gasteiger partial charge in [0.1, 0.15) is 0 Å². The SMILES string of the molecule is CCCC(C)N(C(=O)C1C=C2c3cccc4[nH]cc(c34)CC2N(C)C1)C(C)C. The van der Waals surface area contributed by atoms with Crippen LogP contribution in [0.4, 0.5) is 0 Å². The van der Waals surface area contributed by atoms with Crippen LogP contribution in [0.1, 0.15) is 51.7 Å². The van der Waals surface area contributed by atoms with Crippen LogP contribution in [0.15, 0.2) is 30.5 Å². The number of carbonyl (C=O) groups excluding carboxylic acids is 1. The summed E-state index contributed by atoms with van der Waals surface area (Å²) in [6.07, 6.45) is 7.61. The maximum atomic E-state index is 13.6. The molecule has 0 saturated carbocycles. The Bertz CT molecular complexity index is 910. The van der Waals surface area contributed by atoms with E-state index in [1.165, 1.54) is 27.6 Å².